The lowest BCUT2D eigenvalue weighted by atomic mass is 10.2. The molecule has 0 radical (unpaired) electrons. The van der Waals surface area contributed by atoms with Gasteiger partial charge in [-0.15, -0.1) is 0 Å². The van der Waals surface area contributed by atoms with Crippen LogP contribution in [0.3, 0.4) is 0 Å². The van der Waals surface area contributed by atoms with Gasteiger partial charge in [-0.3, -0.25) is 19.4 Å². The van der Waals surface area contributed by atoms with Gasteiger partial charge < -0.3 is 10.2 Å². The van der Waals surface area contributed by atoms with Crippen molar-refractivity contribution >= 4 is 11.8 Å². The third-order valence-corrected chi connectivity index (χ3v) is 5.93. The van der Waals surface area contributed by atoms with Crippen LogP contribution in [-0.2, 0) is 11.3 Å². The number of amides is 2. The van der Waals surface area contributed by atoms with E-state index in [1.54, 1.807) is 0 Å². The maximum absolute atomic E-state index is 12.5. The molecule has 2 aliphatic rings. The molecule has 2 heterocycles. The van der Waals surface area contributed by atoms with Gasteiger partial charge in [-0.25, -0.2) is 0 Å². The fourth-order valence-corrected chi connectivity index (χ4v) is 4.28. The molecule has 0 spiro atoms. The molecule has 0 aromatic heterocycles. The van der Waals surface area contributed by atoms with E-state index >= 15 is 0 Å². The van der Waals surface area contributed by atoms with Gasteiger partial charge in [0, 0.05) is 57.4 Å². The smallest absolute Gasteiger partial charge is 0.253 e. The molecular formula is C24H30N4O2. The summed E-state index contributed by atoms with van der Waals surface area (Å²) in [5.74, 6) is 0.161. The molecule has 6 nitrogen and oxygen atoms in total. The highest BCUT2D eigenvalue weighted by molar-refractivity contribution is 5.94. The maximum Gasteiger partial charge on any atom is 0.253 e. The Kier molecular flexibility index (Phi) is 6.77. The third kappa shape index (κ3) is 5.46. The quantitative estimate of drug-likeness (QED) is 0.795. The van der Waals surface area contributed by atoms with Crippen LogP contribution in [0.1, 0.15) is 22.3 Å². The van der Waals surface area contributed by atoms with Crippen molar-refractivity contribution in [3.63, 3.8) is 0 Å². The van der Waals surface area contributed by atoms with Gasteiger partial charge in [0.15, 0.2) is 0 Å². The van der Waals surface area contributed by atoms with E-state index in [-0.39, 0.29) is 17.9 Å². The van der Waals surface area contributed by atoms with Crippen molar-refractivity contribution in [2.75, 3.05) is 45.8 Å². The summed E-state index contributed by atoms with van der Waals surface area (Å²) in [5, 5.41) is 3.20. The van der Waals surface area contributed by atoms with Crippen LogP contribution in [0.5, 0.6) is 0 Å². The zero-order valence-corrected chi connectivity index (χ0v) is 17.4. The first-order valence-electron chi connectivity index (χ1n) is 10.8. The standard InChI is InChI=1S/C24H30N4O2/c29-23(25-22-11-12-27(18-22)17-20-7-3-1-4-8-20)19-26-13-15-28(16-14-26)24(30)21-9-5-2-6-10-21/h1-10,22H,11-19H2,(H,25,29)/t22-/m0/s1. The molecule has 6 heteroatoms. The second kappa shape index (κ2) is 9.87. The Labute approximate surface area is 178 Å². The molecule has 30 heavy (non-hydrogen) atoms. The van der Waals surface area contributed by atoms with E-state index in [9.17, 15) is 9.59 Å². The van der Waals surface area contributed by atoms with E-state index < -0.39 is 0 Å². The lowest BCUT2D eigenvalue weighted by Crippen LogP contribution is -2.52. The Bertz CT molecular complexity index is 835. The molecule has 0 saturated carbocycles. The predicted octanol–water partition coefficient (Wildman–Crippen LogP) is 1.84. The van der Waals surface area contributed by atoms with Gasteiger partial charge in [-0.05, 0) is 24.1 Å². The van der Waals surface area contributed by atoms with Crippen molar-refractivity contribution < 1.29 is 9.59 Å². The van der Waals surface area contributed by atoms with Crippen molar-refractivity contribution in [1.29, 1.82) is 0 Å². The molecule has 158 valence electrons. The molecule has 0 bridgehead atoms. The van der Waals surface area contributed by atoms with Gasteiger partial charge in [-0.1, -0.05) is 48.5 Å². The van der Waals surface area contributed by atoms with E-state index in [1.165, 1.54) is 5.56 Å². The van der Waals surface area contributed by atoms with E-state index in [0.29, 0.717) is 19.6 Å². The minimum absolute atomic E-state index is 0.0733. The second-order valence-corrected chi connectivity index (χ2v) is 8.21. The van der Waals surface area contributed by atoms with Crippen LogP contribution < -0.4 is 5.32 Å². The van der Waals surface area contributed by atoms with Gasteiger partial charge in [0.2, 0.25) is 5.91 Å². The predicted molar refractivity (Wildman–Crippen MR) is 117 cm³/mol. The van der Waals surface area contributed by atoms with Gasteiger partial charge >= 0.3 is 0 Å². The topological polar surface area (TPSA) is 55.9 Å². The zero-order valence-electron chi connectivity index (χ0n) is 17.4. The molecule has 2 amide bonds. The number of nitrogens with zero attached hydrogens (tertiary/aromatic N) is 3. The number of hydrogen-bond donors (Lipinski definition) is 1. The molecule has 2 aliphatic heterocycles. The van der Waals surface area contributed by atoms with Crippen LogP contribution in [0.2, 0.25) is 0 Å². The highest BCUT2D eigenvalue weighted by Gasteiger charge is 2.26. The molecule has 2 aromatic rings. The van der Waals surface area contributed by atoms with Crippen LogP contribution in [0.15, 0.2) is 60.7 Å². The average Bonchev–Trinajstić information content (AvgIpc) is 3.21. The van der Waals surface area contributed by atoms with Crippen LogP contribution in [0.25, 0.3) is 0 Å². The first kappa shape index (κ1) is 20.6. The molecule has 1 N–H and O–H groups in total. The molecule has 0 aliphatic carbocycles. The number of carbonyl (C=O) groups excluding carboxylic acids is 2. The summed E-state index contributed by atoms with van der Waals surface area (Å²) in [4.78, 5) is 31.5. The molecule has 1 atom stereocenters. The summed E-state index contributed by atoms with van der Waals surface area (Å²) < 4.78 is 0. The summed E-state index contributed by atoms with van der Waals surface area (Å²) >= 11 is 0. The second-order valence-electron chi connectivity index (χ2n) is 8.21. The normalized spacial score (nSPS) is 20.3. The number of benzene rings is 2. The van der Waals surface area contributed by atoms with Crippen molar-refractivity contribution in [1.82, 2.24) is 20.0 Å². The molecule has 2 saturated heterocycles. The van der Waals surface area contributed by atoms with Crippen molar-refractivity contribution in [3.05, 3.63) is 71.8 Å². The lowest BCUT2D eigenvalue weighted by molar-refractivity contribution is -0.123. The first-order chi connectivity index (χ1) is 14.7. The van der Waals surface area contributed by atoms with Crippen molar-refractivity contribution in [2.45, 2.75) is 19.0 Å². The van der Waals surface area contributed by atoms with Crippen LogP contribution in [0, 0.1) is 0 Å². The Morgan fingerprint density at radius 1 is 0.833 bits per heavy atom. The minimum atomic E-state index is 0.0733. The molecule has 2 fully saturated rings. The maximum atomic E-state index is 12.5. The summed E-state index contributed by atoms with van der Waals surface area (Å²) in [6.07, 6.45) is 0.998. The zero-order chi connectivity index (χ0) is 20.8. The molecule has 0 unspecified atom stereocenters. The number of hydrogen-bond acceptors (Lipinski definition) is 4. The van der Waals surface area contributed by atoms with Crippen molar-refractivity contribution in [2.24, 2.45) is 0 Å². The number of rotatable bonds is 6. The third-order valence-electron chi connectivity index (χ3n) is 5.93. The van der Waals surface area contributed by atoms with Crippen molar-refractivity contribution in [3.8, 4) is 0 Å². The van der Waals surface area contributed by atoms with E-state index in [0.717, 1.165) is 44.7 Å². The Morgan fingerprint density at radius 3 is 2.20 bits per heavy atom. The summed E-state index contributed by atoms with van der Waals surface area (Å²) in [6, 6.07) is 20.1. The minimum Gasteiger partial charge on any atom is -0.351 e. The number of piperazine rings is 1. The number of carbonyl (C=O) groups is 2. The van der Waals surface area contributed by atoms with Gasteiger partial charge in [-0.2, -0.15) is 0 Å². The summed E-state index contributed by atoms with van der Waals surface area (Å²) in [5.41, 5.74) is 2.04. The van der Waals surface area contributed by atoms with Crippen LogP contribution >= 0.6 is 0 Å². The monoisotopic (exact) mass is 406 g/mol. The fourth-order valence-electron chi connectivity index (χ4n) is 4.28. The SMILES string of the molecule is O=C(CN1CCN(C(=O)c2ccccc2)CC1)N[C@H]1CCN(Cc2ccccc2)C1. The van der Waals surface area contributed by atoms with Crippen LogP contribution in [-0.4, -0.2) is 78.4 Å². The summed E-state index contributed by atoms with van der Waals surface area (Å²) in [6.45, 7) is 6.05. The van der Waals surface area contributed by atoms with Gasteiger partial charge in [0.05, 0.1) is 6.54 Å². The highest BCUT2D eigenvalue weighted by atomic mass is 16.2. The van der Waals surface area contributed by atoms with E-state index in [1.807, 2.05) is 41.3 Å². The van der Waals surface area contributed by atoms with E-state index in [4.69, 9.17) is 0 Å². The number of likely N-dealkylation sites (tertiary alicyclic amines) is 1. The van der Waals surface area contributed by atoms with E-state index in [2.05, 4.69) is 39.4 Å². The Hall–Kier alpha value is -2.70. The average molecular weight is 407 g/mol. The lowest BCUT2D eigenvalue weighted by Gasteiger charge is -2.34. The first-order valence-corrected chi connectivity index (χ1v) is 10.8. The highest BCUT2D eigenvalue weighted by Crippen LogP contribution is 2.14. The molecule has 4 rings (SSSR count). The Morgan fingerprint density at radius 2 is 1.50 bits per heavy atom. The summed E-state index contributed by atoms with van der Waals surface area (Å²) in [7, 11) is 0. The van der Waals surface area contributed by atoms with Crippen LogP contribution in [0.4, 0.5) is 0 Å². The van der Waals surface area contributed by atoms with Gasteiger partial charge in [0.25, 0.3) is 5.91 Å². The molecular weight excluding hydrogens is 376 g/mol. The largest absolute Gasteiger partial charge is 0.351 e. The Balaban J connectivity index is 1.17. The number of nitrogens with one attached hydrogen (secondary N) is 1. The molecule has 2 aromatic carbocycles. The fraction of sp³-hybridized carbons (Fsp3) is 0.417. The van der Waals surface area contributed by atoms with Gasteiger partial charge in [0.1, 0.15) is 0 Å².